The number of fused-ring (bicyclic) bond motifs is 1. The molecule has 0 aromatic heterocycles. The number of carbonyl (C=O) groups is 2. The standard InChI is InChI=1S/C27H32N2O5/c1-5-33-26(32)29-14-12-28(13-15-29)17-21-22(30)11-10-20-24(31)23(34-25(20)21)16-18-6-8-19(9-7-18)27(2,3)4/h6-11,16,30H,5,12-15,17H2,1-4H3/b23-16-. The summed E-state index contributed by atoms with van der Waals surface area (Å²) >= 11 is 0. The molecule has 0 spiro atoms. The topological polar surface area (TPSA) is 79.3 Å². The molecule has 2 aliphatic rings. The Labute approximate surface area is 200 Å². The van der Waals surface area contributed by atoms with Crippen molar-refractivity contribution in [3.8, 4) is 11.5 Å². The molecular weight excluding hydrogens is 432 g/mol. The van der Waals surface area contributed by atoms with Gasteiger partial charge >= 0.3 is 6.09 Å². The highest BCUT2D eigenvalue weighted by molar-refractivity contribution is 6.15. The van der Waals surface area contributed by atoms with Gasteiger partial charge in [-0.25, -0.2) is 4.79 Å². The molecule has 1 N–H and O–H groups in total. The number of piperazine rings is 1. The molecule has 2 aromatic rings. The van der Waals surface area contributed by atoms with Crippen LogP contribution in [0.5, 0.6) is 11.5 Å². The first-order chi connectivity index (χ1) is 16.2. The Morgan fingerprint density at radius 1 is 1.09 bits per heavy atom. The molecule has 4 rings (SSSR count). The van der Waals surface area contributed by atoms with Crippen molar-refractivity contribution in [2.45, 2.75) is 39.7 Å². The minimum atomic E-state index is -0.301. The van der Waals surface area contributed by atoms with Crippen molar-refractivity contribution in [1.82, 2.24) is 9.80 Å². The van der Waals surface area contributed by atoms with E-state index in [0.717, 1.165) is 5.56 Å². The highest BCUT2D eigenvalue weighted by Gasteiger charge is 2.32. The summed E-state index contributed by atoms with van der Waals surface area (Å²) in [6, 6.07) is 11.2. The predicted molar refractivity (Wildman–Crippen MR) is 130 cm³/mol. The van der Waals surface area contributed by atoms with Crippen LogP contribution >= 0.6 is 0 Å². The van der Waals surface area contributed by atoms with Crippen LogP contribution in [0.2, 0.25) is 0 Å². The number of hydrogen-bond acceptors (Lipinski definition) is 6. The van der Waals surface area contributed by atoms with Crippen molar-refractivity contribution in [2.75, 3.05) is 32.8 Å². The summed E-state index contributed by atoms with van der Waals surface area (Å²) in [7, 11) is 0. The van der Waals surface area contributed by atoms with Gasteiger partial charge in [0.1, 0.15) is 11.5 Å². The van der Waals surface area contributed by atoms with E-state index < -0.39 is 0 Å². The van der Waals surface area contributed by atoms with Gasteiger partial charge in [-0.05, 0) is 41.7 Å². The molecular formula is C27H32N2O5. The average molecular weight is 465 g/mol. The lowest BCUT2D eigenvalue weighted by atomic mass is 9.86. The Kier molecular flexibility index (Phi) is 6.66. The van der Waals surface area contributed by atoms with Gasteiger partial charge in [0.15, 0.2) is 5.76 Å². The molecule has 2 heterocycles. The summed E-state index contributed by atoms with van der Waals surface area (Å²) in [5.74, 6) is 0.561. The smallest absolute Gasteiger partial charge is 0.409 e. The van der Waals surface area contributed by atoms with Crippen LogP contribution < -0.4 is 4.74 Å². The van der Waals surface area contributed by atoms with E-state index in [0.29, 0.717) is 56.2 Å². The SMILES string of the molecule is CCOC(=O)N1CCN(Cc2c(O)ccc3c2O/C(=C\c2ccc(C(C)(C)C)cc2)C3=O)CC1. The Hall–Kier alpha value is -3.32. The van der Waals surface area contributed by atoms with Gasteiger partial charge in [-0.3, -0.25) is 9.69 Å². The number of carbonyl (C=O) groups excluding carboxylic acids is 2. The van der Waals surface area contributed by atoms with E-state index in [4.69, 9.17) is 9.47 Å². The number of aromatic hydroxyl groups is 1. The second-order valence-electron chi connectivity index (χ2n) is 9.71. The molecule has 0 unspecified atom stereocenters. The first-order valence-electron chi connectivity index (χ1n) is 11.7. The number of nitrogens with zero attached hydrogens (tertiary/aromatic N) is 2. The molecule has 180 valence electrons. The number of phenols is 1. The van der Waals surface area contributed by atoms with E-state index in [9.17, 15) is 14.7 Å². The van der Waals surface area contributed by atoms with E-state index in [1.165, 1.54) is 5.56 Å². The molecule has 7 heteroatoms. The fourth-order valence-electron chi connectivity index (χ4n) is 4.21. The van der Waals surface area contributed by atoms with Crippen LogP contribution in [0, 0.1) is 0 Å². The van der Waals surface area contributed by atoms with Gasteiger partial charge in [-0.1, -0.05) is 45.0 Å². The van der Waals surface area contributed by atoms with Gasteiger partial charge in [0.2, 0.25) is 5.78 Å². The van der Waals surface area contributed by atoms with Crippen molar-refractivity contribution in [2.24, 2.45) is 0 Å². The molecule has 0 bridgehead atoms. The lowest BCUT2D eigenvalue weighted by Gasteiger charge is -2.34. The van der Waals surface area contributed by atoms with Gasteiger partial charge in [-0.2, -0.15) is 0 Å². The van der Waals surface area contributed by atoms with E-state index in [1.54, 1.807) is 30.0 Å². The van der Waals surface area contributed by atoms with Crippen molar-refractivity contribution in [3.05, 3.63) is 64.4 Å². The molecule has 7 nitrogen and oxygen atoms in total. The van der Waals surface area contributed by atoms with Crippen molar-refractivity contribution < 1.29 is 24.2 Å². The maximum Gasteiger partial charge on any atom is 0.409 e. The molecule has 0 radical (unpaired) electrons. The molecule has 0 saturated carbocycles. The van der Waals surface area contributed by atoms with Gasteiger partial charge < -0.3 is 19.5 Å². The number of Topliss-reactive ketones (excluding diaryl/α,β-unsaturated/α-hetero) is 1. The normalized spacial score (nSPS) is 17.6. The molecule has 34 heavy (non-hydrogen) atoms. The molecule has 0 atom stereocenters. The van der Waals surface area contributed by atoms with Crippen LogP contribution in [0.4, 0.5) is 4.79 Å². The van der Waals surface area contributed by atoms with E-state index in [-0.39, 0.29) is 28.8 Å². The maximum absolute atomic E-state index is 13.0. The highest BCUT2D eigenvalue weighted by Crippen LogP contribution is 2.40. The third-order valence-electron chi connectivity index (χ3n) is 6.27. The average Bonchev–Trinajstić information content (AvgIpc) is 3.11. The van der Waals surface area contributed by atoms with Crippen molar-refractivity contribution in [1.29, 1.82) is 0 Å². The summed E-state index contributed by atoms with van der Waals surface area (Å²) < 4.78 is 11.1. The lowest BCUT2D eigenvalue weighted by molar-refractivity contribution is 0.0774. The van der Waals surface area contributed by atoms with Gasteiger partial charge in [0.05, 0.1) is 17.7 Å². The number of hydrogen-bond donors (Lipinski definition) is 1. The molecule has 0 aliphatic carbocycles. The quantitative estimate of drug-likeness (QED) is 0.668. The first-order valence-corrected chi connectivity index (χ1v) is 11.7. The second kappa shape index (κ2) is 9.50. The number of phenolic OH excluding ortho intramolecular Hbond substituents is 1. The fraction of sp³-hybridized carbons (Fsp3) is 0.407. The molecule has 2 aliphatic heterocycles. The summed E-state index contributed by atoms with van der Waals surface area (Å²) in [6.45, 7) is 11.4. The van der Waals surface area contributed by atoms with Crippen molar-refractivity contribution in [3.63, 3.8) is 0 Å². The maximum atomic E-state index is 13.0. The van der Waals surface area contributed by atoms with Crippen LogP contribution in [0.3, 0.4) is 0 Å². The largest absolute Gasteiger partial charge is 0.507 e. The van der Waals surface area contributed by atoms with E-state index in [2.05, 4.69) is 37.8 Å². The van der Waals surface area contributed by atoms with Crippen molar-refractivity contribution >= 4 is 18.0 Å². The Bertz CT molecular complexity index is 1110. The highest BCUT2D eigenvalue weighted by atomic mass is 16.6. The number of ether oxygens (including phenoxy) is 2. The van der Waals surface area contributed by atoms with Crippen LogP contribution in [0.25, 0.3) is 6.08 Å². The fourth-order valence-corrected chi connectivity index (χ4v) is 4.21. The van der Waals surface area contributed by atoms with Gasteiger partial charge in [-0.15, -0.1) is 0 Å². The minimum absolute atomic E-state index is 0.0514. The minimum Gasteiger partial charge on any atom is -0.507 e. The van der Waals surface area contributed by atoms with E-state index in [1.807, 2.05) is 12.1 Å². The summed E-state index contributed by atoms with van der Waals surface area (Å²) in [5, 5.41) is 10.6. The van der Waals surface area contributed by atoms with Crippen LogP contribution in [-0.2, 0) is 16.7 Å². The summed E-state index contributed by atoms with van der Waals surface area (Å²) in [5.41, 5.74) is 3.19. The zero-order valence-electron chi connectivity index (χ0n) is 20.3. The molecule has 1 saturated heterocycles. The molecule has 2 aromatic carbocycles. The Balaban J connectivity index is 1.50. The monoisotopic (exact) mass is 464 g/mol. The Morgan fingerprint density at radius 2 is 1.76 bits per heavy atom. The Morgan fingerprint density at radius 3 is 2.38 bits per heavy atom. The van der Waals surface area contributed by atoms with Crippen LogP contribution in [0.15, 0.2) is 42.2 Å². The van der Waals surface area contributed by atoms with E-state index >= 15 is 0 Å². The van der Waals surface area contributed by atoms with Gasteiger partial charge in [0.25, 0.3) is 0 Å². The van der Waals surface area contributed by atoms with Crippen LogP contribution in [0.1, 0.15) is 54.7 Å². The van der Waals surface area contributed by atoms with Crippen LogP contribution in [-0.4, -0.2) is 59.6 Å². The number of amides is 1. The number of benzene rings is 2. The lowest BCUT2D eigenvalue weighted by Crippen LogP contribution is -2.48. The third kappa shape index (κ3) is 4.94. The second-order valence-corrected chi connectivity index (χ2v) is 9.71. The first kappa shape index (κ1) is 23.8. The number of ketones is 1. The number of rotatable bonds is 4. The van der Waals surface area contributed by atoms with Gasteiger partial charge in [0, 0.05) is 32.7 Å². The zero-order chi connectivity index (χ0) is 24.5. The zero-order valence-corrected chi connectivity index (χ0v) is 20.3. The number of allylic oxidation sites excluding steroid dienone is 1. The predicted octanol–water partition coefficient (Wildman–Crippen LogP) is 4.58. The summed E-state index contributed by atoms with van der Waals surface area (Å²) in [4.78, 5) is 28.8. The molecule has 1 amide bonds. The summed E-state index contributed by atoms with van der Waals surface area (Å²) in [6.07, 6.45) is 1.44. The molecule has 1 fully saturated rings. The third-order valence-corrected chi connectivity index (χ3v) is 6.27.